The lowest BCUT2D eigenvalue weighted by molar-refractivity contribution is -0.140. The summed E-state index contributed by atoms with van der Waals surface area (Å²) in [4.78, 5) is 36.7. The monoisotopic (exact) mass is 352 g/mol. The van der Waals surface area contributed by atoms with Crippen molar-refractivity contribution in [1.29, 1.82) is 0 Å². The van der Waals surface area contributed by atoms with Crippen molar-refractivity contribution in [2.75, 3.05) is 11.9 Å². The second-order valence-corrected chi connectivity index (χ2v) is 6.47. The van der Waals surface area contributed by atoms with Crippen LogP contribution in [-0.4, -0.2) is 45.5 Å². The number of rotatable bonds is 5. The van der Waals surface area contributed by atoms with Crippen molar-refractivity contribution in [2.45, 2.75) is 31.5 Å². The number of hydrogen-bond donors (Lipinski definition) is 1. The van der Waals surface area contributed by atoms with Crippen LogP contribution < -0.4 is 5.32 Å². The predicted molar refractivity (Wildman–Crippen MR) is 94.8 cm³/mol. The summed E-state index contributed by atoms with van der Waals surface area (Å²) in [6, 6.07) is 14.3. The molecule has 2 aromatic rings. The lowest BCUT2D eigenvalue weighted by Crippen LogP contribution is -2.47. The Hall–Kier alpha value is -2.93. The highest BCUT2D eigenvalue weighted by atomic mass is 16.7. The maximum Gasteiger partial charge on any atom is 0.345 e. The van der Waals surface area contributed by atoms with Gasteiger partial charge in [-0.2, -0.15) is 5.06 Å². The molecule has 1 aromatic carbocycles. The van der Waals surface area contributed by atoms with Gasteiger partial charge in [-0.1, -0.05) is 36.4 Å². The van der Waals surface area contributed by atoms with E-state index in [1.807, 2.05) is 30.3 Å². The molecular formula is C19H20N4O3. The number of hydrogen-bond acceptors (Lipinski definition) is 4. The van der Waals surface area contributed by atoms with E-state index in [-0.39, 0.29) is 18.0 Å². The number of benzene rings is 1. The number of carbonyl (C=O) groups excluding carboxylic acids is 2. The molecule has 3 heterocycles. The van der Waals surface area contributed by atoms with E-state index in [2.05, 4.69) is 10.3 Å². The van der Waals surface area contributed by atoms with Crippen LogP contribution >= 0.6 is 0 Å². The van der Waals surface area contributed by atoms with E-state index in [0.717, 1.165) is 12.0 Å². The number of anilines is 1. The van der Waals surface area contributed by atoms with Gasteiger partial charge in [-0.3, -0.25) is 9.63 Å². The molecule has 2 atom stereocenters. The molecular weight excluding hydrogens is 332 g/mol. The molecule has 2 aliphatic rings. The number of aromatic nitrogens is 1. The predicted octanol–water partition coefficient (Wildman–Crippen LogP) is 2.42. The van der Waals surface area contributed by atoms with Crippen LogP contribution in [0.2, 0.25) is 0 Å². The normalized spacial score (nSPS) is 21.8. The van der Waals surface area contributed by atoms with Gasteiger partial charge >= 0.3 is 6.03 Å². The molecule has 7 heteroatoms. The Kier molecular flexibility index (Phi) is 4.53. The van der Waals surface area contributed by atoms with Crippen molar-refractivity contribution in [1.82, 2.24) is 14.9 Å². The number of piperidine rings is 1. The first-order valence-electron chi connectivity index (χ1n) is 8.71. The summed E-state index contributed by atoms with van der Waals surface area (Å²) in [6.07, 6.45) is 2.96. The van der Waals surface area contributed by atoms with Gasteiger partial charge in [0, 0.05) is 12.7 Å². The molecule has 2 aliphatic heterocycles. The van der Waals surface area contributed by atoms with E-state index in [4.69, 9.17) is 4.84 Å². The van der Waals surface area contributed by atoms with Crippen molar-refractivity contribution in [3.05, 3.63) is 60.3 Å². The Morgan fingerprint density at radius 3 is 2.73 bits per heavy atom. The lowest BCUT2D eigenvalue weighted by Gasteiger charge is -2.29. The molecule has 2 fully saturated rings. The molecule has 26 heavy (non-hydrogen) atoms. The topological polar surface area (TPSA) is 74.8 Å². The minimum atomic E-state index is -0.494. The third kappa shape index (κ3) is 3.25. The van der Waals surface area contributed by atoms with E-state index >= 15 is 0 Å². The molecule has 0 saturated carbocycles. The Labute approximate surface area is 151 Å². The molecule has 3 amide bonds. The fraction of sp³-hybridized carbons (Fsp3) is 0.316. The van der Waals surface area contributed by atoms with Gasteiger partial charge in [0.1, 0.15) is 18.5 Å². The minimum Gasteiger partial charge on any atom is -0.309 e. The van der Waals surface area contributed by atoms with Crippen molar-refractivity contribution in [3.63, 3.8) is 0 Å². The van der Waals surface area contributed by atoms with Gasteiger partial charge < -0.3 is 10.2 Å². The van der Waals surface area contributed by atoms with Gasteiger partial charge in [-0.25, -0.2) is 9.78 Å². The summed E-state index contributed by atoms with van der Waals surface area (Å²) < 4.78 is 0. The maximum atomic E-state index is 12.7. The van der Waals surface area contributed by atoms with Crippen LogP contribution in [-0.2, 0) is 16.2 Å². The fourth-order valence-electron chi connectivity index (χ4n) is 3.44. The average molecular weight is 352 g/mol. The Morgan fingerprint density at radius 2 is 1.96 bits per heavy atom. The van der Waals surface area contributed by atoms with Gasteiger partial charge in [0.05, 0.1) is 6.04 Å². The molecule has 2 saturated heterocycles. The molecule has 0 unspecified atom stereocenters. The summed E-state index contributed by atoms with van der Waals surface area (Å²) in [5.74, 6) is 0.281. The highest BCUT2D eigenvalue weighted by Gasteiger charge is 2.47. The molecule has 0 spiro atoms. The van der Waals surface area contributed by atoms with E-state index in [1.165, 1.54) is 5.06 Å². The fourth-order valence-corrected chi connectivity index (χ4v) is 3.44. The van der Waals surface area contributed by atoms with E-state index in [0.29, 0.717) is 25.4 Å². The molecule has 2 bridgehead atoms. The average Bonchev–Trinajstić information content (AvgIpc) is 2.92. The van der Waals surface area contributed by atoms with Crippen LogP contribution in [0.5, 0.6) is 0 Å². The van der Waals surface area contributed by atoms with Gasteiger partial charge in [0.2, 0.25) is 5.91 Å². The summed E-state index contributed by atoms with van der Waals surface area (Å²) in [5, 5.41) is 4.22. The maximum absolute atomic E-state index is 12.7. The number of carbonyl (C=O) groups is 2. The Morgan fingerprint density at radius 1 is 1.15 bits per heavy atom. The van der Waals surface area contributed by atoms with E-state index in [9.17, 15) is 9.59 Å². The Bertz CT molecular complexity index is 784. The highest BCUT2D eigenvalue weighted by Crippen LogP contribution is 2.31. The molecule has 1 aromatic heterocycles. The zero-order chi connectivity index (χ0) is 17.9. The largest absolute Gasteiger partial charge is 0.345 e. The SMILES string of the molecule is O=C(Nc1ccccn1)[C@@H]1CC[C@@H]2CN1C(=O)N2OCc1ccccc1. The zero-order valence-electron chi connectivity index (χ0n) is 14.2. The highest BCUT2D eigenvalue weighted by molar-refractivity contribution is 5.97. The quantitative estimate of drug-likeness (QED) is 0.897. The van der Waals surface area contributed by atoms with Gasteiger partial charge in [-0.15, -0.1) is 0 Å². The first kappa shape index (κ1) is 16.5. The standard InChI is InChI=1S/C19H20N4O3/c24-18(21-17-8-4-5-11-20-17)16-10-9-15-12-22(16)19(25)23(15)26-13-14-6-2-1-3-7-14/h1-8,11,15-16H,9-10,12-13H2,(H,20,21,24)/t15-,16+/m1/s1. The van der Waals surface area contributed by atoms with Crippen molar-refractivity contribution < 1.29 is 14.4 Å². The van der Waals surface area contributed by atoms with Crippen molar-refractivity contribution in [2.24, 2.45) is 0 Å². The minimum absolute atomic E-state index is 0.00916. The number of urea groups is 1. The smallest absolute Gasteiger partial charge is 0.309 e. The van der Waals surface area contributed by atoms with E-state index in [1.54, 1.807) is 29.3 Å². The van der Waals surface area contributed by atoms with Crippen molar-refractivity contribution >= 4 is 17.8 Å². The van der Waals surface area contributed by atoms with E-state index < -0.39 is 6.04 Å². The molecule has 134 valence electrons. The van der Waals surface area contributed by atoms with Gasteiger partial charge in [0.15, 0.2) is 0 Å². The Balaban J connectivity index is 1.40. The zero-order valence-corrected chi connectivity index (χ0v) is 14.2. The molecule has 1 N–H and O–H groups in total. The second kappa shape index (κ2) is 7.13. The number of hydroxylamine groups is 2. The number of amides is 3. The van der Waals surface area contributed by atoms with Gasteiger partial charge in [-0.05, 0) is 30.5 Å². The molecule has 0 radical (unpaired) electrons. The van der Waals surface area contributed by atoms with Crippen LogP contribution in [0.1, 0.15) is 18.4 Å². The summed E-state index contributed by atoms with van der Waals surface area (Å²) >= 11 is 0. The first-order chi connectivity index (χ1) is 12.7. The van der Waals surface area contributed by atoms with Crippen LogP contribution in [0, 0.1) is 0 Å². The van der Waals surface area contributed by atoms with Crippen molar-refractivity contribution in [3.8, 4) is 0 Å². The number of nitrogens with zero attached hydrogens (tertiary/aromatic N) is 3. The van der Waals surface area contributed by atoms with Crippen LogP contribution in [0.3, 0.4) is 0 Å². The van der Waals surface area contributed by atoms with Crippen LogP contribution in [0.15, 0.2) is 54.7 Å². The van der Waals surface area contributed by atoms with Crippen LogP contribution in [0.4, 0.5) is 10.6 Å². The summed E-state index contributed by atoms with van der Waals surface area (Å²) in [5.41, 5.74) is 1.00. The van der Waals surface area contributed by atoms with Gasteiger partial charge in [0.25, 0.3) is 0 Å². The second-order valence-electron chi connectivity index (χ2n) is 6.47. The number of pyridine rings is 1. The molecule has 4 rings (SSSR count). The lowest BCUT2D eigenvalue weighted by atomic mass is 10.0. The molecule has 0 aliphatic carbocycles. The first-order valence-corrected chi connectivity index (χ1v) is 8.71. The number of fused-ring (bicyclic) bond motifs is 2. The summed E-state index contributed by atoms with van der Waals surface area (Å²) in [6.45, 7) is 0.843. The summed E-state index contributed by atoms with van der Waals surface area (Å²) in [7, 11) is 0. The number of nitrogens with one attached hydrogen (secondary N) is 1. The van der Waals surface area contributed by atoms with Crippen LogP contribution in [0.25, 0.3) is 0 Å². The molecule has 7 nitrogen and oxygen atoms in total. The third-order valence-corrected chi connectivity index (χ3v) is 4.75. The third-order valence-electron chi connectivity index (χ3n) is 4.75.